The molecule has 5 heteroatoms. The molecule has 0 aliphatic rings. The highest BCUT2D eigenvalue weighted by Crippen LogP contribution is 2.24. The molecule has 0 amide bonds. The Morgan fingerprint density at radius 2 is 2.31 bits per heavy atom. The molecular weight excluding hydrogens is 220 g/mol. The van der Waals surface area contributed by atoms with Gasteiger partial charge in [0.05, 0.1) is 6.20 Å². The average Bonchev–Trinajstić information content (AvgIpc) is 2.87. The molecule has 0 unspecified atom stereocenters. The Kier molecular flexibility index (Phi) is 3.69. The van der Waals surface area contributed by atoms with E-state index >= 15 is 0 Å². The van der Waals surface area contributed by atoms with Crippen LogP contribution in [0, 0.1) is 0 Å². The van der Waals surface area contributed by atoms with Gasteiger partial charge in [-0.3, -0.25) is 4.68 Å². The molecule has 2 heterocycles. The highest BCUT2D eigenvalue weighted by Gasteiger charge is 2.06. The van der Waals surface area contributed by atoms with E-state index in [9.17, 15) is 0 Å². The SMILES string of the molecule is CCCn1cc(-c2ncc(CNC)s2)cn1. The van der Waals surface area contributed by atoms with Crippen LogP contribution in [-0.2, 0) is 13.1 Å². The van der Waals surface area contributed by atoms with Gasteiger partial charge in [-0.25, -0.2) is 4.98 Å². The quantitative estimate of drug-likeness (QED) is 0.865. The predicted octanol–water partition coefficient (Wildman–Crippen LogP) is 2.14. The molecule has 0 atom stereocenters. The lowest BCUT2D eigenvalue weighted by Crippen LogP contribution is -2.02. The lowest BCUT2D eigenvalue weighted by molar-refractivity contribution is 0.603. The molecular formula is C11H16N4S. The molecule has 0 saturated heterocycles. The maximum Gasteiger partial charge on any atom is 0.126 e. The zero-order valence-corrected chi connectivity index (χ0v) is 10.4. The van der Waals surface area contributed by atoms with Crippen molar-refractivity contribution in [2.45, 2.75) is 26.4 Å². The molecule has 0 fully saturated rings. The first-order chi connectivity index (χ1) is 7.83. The summed E-state index contributed by atoms with van der Waals surface area (Å²) in [5, 5.41) is 8.48. The van der Waals surface area contributed by atoms with Crippen LogP contribution in [0.2, 0.25) is 0 Å². The fourth-order valence-electron chi connectivity index (χ4n) is 1.52. The molecule has 2 rings (SSSR count). The molecule has 2 aromatic heterocycles. The number of hydrogen-bond donors (Lipinski definition) is 1. The van der Waals surface area contributed by atoms with Gasteiger partial charge in [-0.15, -0.1) is 11.3 Å². The minimum absolute atomic E-state index is 0.876. The molecule has 0 aliphatic carbocycles. The maximum absolute atomic E-state index is 4.40. The van der Waals surface area contributed by atoms with Gasteiger partial charge in [0.1, 0.15) is 5.01 Å². The summed E-state index contributed by atoms with van der Waals surface area (Å²) in [5.74, 6) is 0. The summed E-state index contributed by atoms with van der Waals surface area (Å²) in [7, 11) is 1.94. The number of aryl methyl sites for hydroxylation is 1. The van der Waals surface area contributed by atoms with Crippen molar-refractivity contribution in [2.75, 3.05) is 7.05 Å². The van der Waals surface area contributed by atoms with Crippen molar-refractivity contribution in [3.8, 4) is 10.6 Å². The van der Waals surface area contributed by atoms with Gasteiger partial charge in [0.15, 0.2) is 0 Å². The van der Waals surface area contributed by atoms with Gasteiger partial charge in [0.25, 0.3) is 0 Å². The standard InChI is InChI=1S/C11H16N4S/c1-3-4-15-8-9(5-14-15)11-13-7-10(16-11)6-12-2/h5,7-8,12H,3-4,6H2,1-2H3. The van der Waals surface area contributed by atoms with Crippen molar-refractivity contribution >= 4 is 11.3 Å². The molecule has 0 aliphatic heterocycles. The van der Waals surface area contributed by atoms with E-state index in [1.54, 1.807) is 11.3 Å². The highest BCUT2D eigenvalue weighted by atomic mass is 32.1. The topological polar surface area (TPSA) is 42.7 Å². The minimum atomic E-state index is 0.876. The number of nitrogens with zero attached hydrogens (tertiary/aromatic N) is 3. The lowest BCUT2D eigenvalue weighted by atomic mass is 10.4. The third-order valence-electron chi connectivity index (χ3n) is 2.24. The van der Waals surface area contributed by atoms with E-state index in [0.717, 1.165) is 30.1 Å². The molecule has 86 valence electrons. The van der Waals surface area contributed by atoms with Crippen LogP contribution < -0.4 is 5.32 Å². The Morgan fingerprint density at radius 3 is 3.06 bits per heavy atom. The van der Waals surface area contributed by atoms with Crippen LogP contribution >= 0.6 is 11.3 Å². The van der Waals surface area contributed by atoms with Gasteiger partial charge in [0.2, 0.25) is 0 Å². The zero-order valence-electron chi connectivity index (χ0n) is 9.60. The van der Waals surface area contributed by atoms with E-state index in [0.29, 0.717) is 0 Å². The summed E-state index contributed by atoms with van der Waals surface area (Å²) < 4.78 is 1.97. The predicted molar refractivity (Wildman–Crippen MR) is 66.4 cm³/mol. The highest BCUT2D eigenvalue weighted by molar-refractivity contribution is 7.15. The third kappa shape index (κ3) is 2.48. The van der Waals surface area contributed by atoms with Gasteiger partial charge in [-0.2, -0.15) is 5.10 Å². The van der Waals surface area contributed by atoms with E-state index in [2.05, 4.69) is 28.5 Å². The fraction of sp³-hybridized carbons (Fsp3) is 0.455. The van der Waals surface area contributed by atoms with Gasteiger partial charge >= 0.3 is 0 Å². The summed E-state index contributed by atoms with van der Waals surface area (Å²) in [4.78, 5) is 5.65. The molecule has 1 N–H and O–H groups in total. The van der Waals surface area contributed by atoms with Crippen molar-refractivity contribution in [2.24, 2.45) is 0 Å². The summed E-state index contributed by atoms with van der Waals surface area (Å²) in [6.45, 7) is 3.99. The summed E-state index contributed by atoms with van der Waals surface area (Å²) in [6.07, 6.45) is 6.97. The Balaban J connectivity index is 2.14. The minimum Gasteiger partial charge on any atom is -0.315 e. The van der Waals surface area contributed by atoms with E-state index in [-0.39, 0.29) is 0 Å². The first-order valence-electron chi connectivity index (χ1n) is 5.45. The third-order valence-corrected chi connectivity index (χ3v) is 3.28. The van der Waals surface area contributed by atoms with E-state index in [1.165, 1.54) is 4.88 Å². The Bertz CT molecular complexity index is 404. The second-order valence-corrected chi connectivity index (χ2v) is 4.77. The molecule has 0 spiro atoms. The monoisotopic (exact) mass is 236 g/mol. The number of thiazole rings is 1. The number of aromatic nitrogens is 3. The molecule has 2 aromatic rings. The summed E-state index contributed by atoms with van der Waals surface area (Å²) in [5.41, 5.74) is 1.11. The second-order valence-electron chi connectivity index (χ2n) is 3.65. The zero-order chi connectivity index (χ0) is 11.4. The molecule has 0 saturated carbocycles. The molecule has 16 heavy (non-hydrogen) atoms. The lowest BCUT2D eigenvalue weighted by Gasteiger charge is -1.94. The Hall–Kier alpha value is -1.20. The normalized spacial score (nSPS) is 10.9. The van der Waals surface area contributed by atoms with Crippen LogP contribution in [-0.4, -0.2) is 21.8 Å². The number of rotatable bonds is 5. The van der Waals surface area contributed by atoms with Crippen molar-refractivity contribution in [1.82, 2.24) is 20.1 Å². The molecule has 0 radical (unpaired) electrons. The van der Waals surface area contributed by atoms with Crippen LogP contribution in [0.4, 0.5) is 0 Å². The Labute approximate surface area is 99.3 Å². The van der Waals surface area contributed by atoms with Crippen molar-refractivity contribution < 1.29 is 0 Å². The van der Waals surface area contributed by atoms with Crippen LogP contribution in [0.3, 0.4) is 0 Å². The second kappa shape index (κ2) is 5.23. The number of hydrogen-bond acceptors (Lipinski definition) is 4. The van der Waals surface area contributed by atoms with Gasteiger partial charge in [0, 0.05) is 35.9 Å². The summed E-state index contributed by atoms with van der Waals surface area (Å²) >= 11 is 1.72. The average molecular weight is 236 g/mol. The first-order valence-corrected chi connectivity index (χ1v) is 6.27. The van der Waals surface area contributed by atoms with E-state index < -0.39 is 0 Å². The smallest absolute Gasteiger partial charge is 0.126 e. The fourth-order valence-corrected chi connectivity index (χ4v) is 2.42. The van der Waals surface area contributed by atoms with Crippen LogP contribution in [0.15, 0.2) is 18.6 Å². The first kappa shape index (κ1) is 11.3. The van der Waals surface area contributed by atoms with Crippen LogP contribution in [0.1, 0.15) is 18.2 Å². The van der Waals surface area contributed by atoms with Gasteiger partial charge in [-0.05, 0) is 13.5 Å². The molecule has 0 bridgehead atoms. The van der Waals surface area contributed by atoms with Crippen LogP contribution in [0.25, 0.3) is 10.6 Å². The van der Waals surface area contributed by atoms with Crippen molar-refractivity contribution in [3.05, 3.63) is 23.5 Å². The number of nitrogens with one attached hydrogen (secondary N) is 1. The van der Waals surface area contributed by atoms with E-state index in [4.69, 9.17) is 0 Å². The maximum atomic E-state index is 4.40. The van der Waals surface area contributed by atoms with Crippen molar-refractivity contribution in [1.29, 1.82) is 0 Å². The van der Waals surface area contributed by atoms with E-state index in [1.807, 2.05) is 24.1 Å². The molecule has 0 aromatic carbocycles. The van der Waals surface area contributed by atoms with Crippen LogP contribution in [0.5, 0.6) is 0 Å². The molecule has 4 nitrogen and oxygen atoms in total. The van der Waals surface area contributed by atoms with Crippen molar-refractivity contribution in [3.63, 3.8) is 0 Å². The largest absolute Gasteiger partial charge is 0.315 e. The summed E-state index contributed by atoms with van der Waals surface area (Å²) in [6, 6.07) is 0. The van der Waals surface area contributed by atoms with Gasteiger partial charge < -0.3 is 5.32 Å². The Morgan fingerprint density at radius 1 is 1.44 bits per heavy atom. The van der Waals surface area contributed by atoms with Gasteiger partial charge in [-0.1, -0.05) is 6.92 Å².